The van der Waals surface area contributed by atoms with Crippen molar-refractivity contribution in [1.29, 1.82) is 0 Å². The van der Waals surface area contributed by atoms with E-state index in [1.54, 1.807) is 7.11 Å². The van der Waals surface area contributed by atoms with Gasteiger partial charge >= 0.3 is 0 Å². The summed E-state index contributed by atoms with van der Waals surface area (Å²) in [6.07, 6.45) is 9.09. The van der Waals surface area contributed by atoms with Crippen LogP contribution in [0.15, 0.2) is 48.0 Å². The first-order valence-corrected chi connectivity index (χ1v) is 9.77. The van der Waals surface area contributed by atoms with E-state index in [0.717, 1.165) is 50.6 Å². The number of rotatable bonds is 6. The highest BCUT2D eigenvalue weighted by Crippen LogP contribution is 2.27. The predicted molar refractivity (Wildman–Crippen MR) is 109 cm³/mol. The van der Waals surface area contributed by atoms with Gasteiger partial charge in [0.15, 0.2) is 5.96 Å². The number of benzene rings is 1. The Kier molecular flexibility index (Phi) is 6.74. The van der Waals surface area contributed by atoms with E-state index in [-0.39, 0.29) is 0 Å². The molecule has 6 nitrogen and oxygen atoms in total. The largest absolute Gasteiger partial charge is 0.497 e. The molecule has 27 heavy (non-hydrogen) atoms. The van der Waals surface area contributed by atoms with Crippen LogP contribution in [-0.2, 0) is 6.42 Å². The van der Waals surface area contributed by atoms with Gasteiger partial charge in [-0.1, -0.05) is 19.1 Å². The molecule has 146 valence electrons. The van der Waals surface area contributed by atoms with Crippen molar-refractivity contribution in [3.8, 4) is 5.75 Å². The van der Waals surface area contributed by atoms with Crippen LogP contribution in [-0.4, -0.2) is 54.2 Å². The van der Waals surface area contributed by atoms with Crippen molar-refractivity contribution in [3.05, 3.63) is 48.5 Å². The van der Waals surface area contributed by atoms with Crippen LogP contribution in [0.3, 0.4) is 0 Å². The van der Waals surface area contributed by atoms with Gasteiger partial charge in [-0.25, -0.2) is 4.98 Å². The van der Waals surface area contributed by atoms with Crippen LogP contribution in [0.5, 0.6) is 5.75 Å². The summed E-state index contributed by atoms with van der Waals surface area (Å²) in [6.45, 7) is 5.24. The second-order valence-electron chi connectivity index (χ2n) is 7.22. The van der Waals surface area contributed by atoms with E-state index < -0.39 is 0 Å². The summed E-state index contributed by atoms with van der Waals surface area (Å²) < 4.78 is 7.53. The van der Waals surface area contributed by atoms with Gasteiger partial charge < -0.3 is 19.5 Å². The summed E-state index contributed by atoms with van der Waals surface area (Å²) in [5, 5.41) is 3.54. The van der Waals surface area contributed by atoms with E-state index in [4.69, 9.17) is 4.74 Å². The lowest BCUT2D eigenvalue weighted by molar-refractivity contribution is 0.189. The average molecular weight is 370 g/mol. The molecule has 0 saturated carbocycles. The van der Waals surface area contributed by atoms with E-state index in [9.17, 15) is 0 Å². The van der Waals surface area contributed by atoms with Crippen LogP contribution in [0.1, 0.15) is 31.4 Å². The maximum Gasteiger partial charge on any atom is 0.193 e. The van der Waals surface area contributed by atoms with Crippen molar-refractivity contribution in [2.45, 2.75) is 32.2 Å². The summed E-state index contributed by atoms with van der Waals surface area (Å²) in [4.78, 5) is 11.1. The third-order valence-electron chi connectivity index (χ3n) is 5.40. The van der Waals surface area contributed by atoms with Gasteiger partial charge in [0.05, 0.1) is 19.5 Å². The van der Waals surface area contributed by atoms with Crippen molar-refractivity contribution in [1.82, 2.24) is 19.8 Å². The molecule has 2 aromatic rings. The highest BCUT2D eigenvalue weighted by molar-refractivity contribution is 5.80. The molecule has 0 bridgehead atoms. The SMILES string of the molecule is CN=C(NCCCc1cccc(OC)c1)N1CCC(C)C(n2ccnc2)C1. The topological polar surface area (TPSA) is 54.7 Å². The number of aliphatic imine (C=N–C) groups is 1. The Hall–Kier alpha value is -2.50. The number of nitrogens with zero attached hydrogens (tertiary/aromatic N) is 4. The van der Waals surface area contributed by atoms with Gasteiger partial charge in [0.2, 0.25) is 0 Å². The molecule has 2 unspecified atom stereocenters. The standard InChI is InChI=1S/C21H31N5O/c1-17-9-12-25(15-20(17)26-13-11-23-16-26)21(22-2)24-10-5-7-18-6-4-8-19(14-18)27-3/h4,6,8,11,13-14,16-17,20H,5,7,9-10,12,15H2,1-3H3,(H,22,24). The highest BCUT2D eigenvalue weighted by atomic mass is 16.5. The number of methoxy groups -OCH3 is 1. The van der Waals surface area contributed by atoms with Crippen LogP contribution >= 0.6 is 0 Å². The Morgan fingerprint density at radius 1 is 1.41 bits per heavy atom. The molecule has 1 saturated heterocycles. The van der Waals surface area contributed by atoms with Crippen LogP contribution in [0.2, 0.25) is 0 Å². The molecule has 1 aromatic heterocycles. The molecule has 2 atom stereocenters. The Bertz CT molecular complexity index is 728. The number of piperidine rings is 1. The normalized spacial score (nSPS) is 20.6. The molecule has 2 heterocycles. The maximum atomic E-state index is 5.30. The van der Waals surface area contributed by atoms with Gasteiger partial charge in [0.25, 0.3) is 0 Å². The molecule has 1 aromatic carbocycles. The van der Waals surface area contributed by atoms with E-state index >= 15 is 0 Å². The molecule has 1 N–H and O–H groups in total. The van der Waals surface area contributed by atoms with Crippen LogP contribution in [0.25, 0.3) is 0 Å². The number of hydrogen-bond acceptors (Lipinski definition) is 3. The first-order chi connectivity index (χ1) is 13.2. The molecular weight excluding hydrogens is 338 g/mol. The number of nitrogens with one attached hydrogen (secondary N) is 1. The Labute approximate surface area is 162 Å². The van der Waals surface area contributed by atoms with Gasteiger partial charge in [0, 0.05) is 39.1 Å². The molecule has 1 aliphatic heterocycles. The third-order valence-corrected chi connectivity index (χ3v) is 5.40. The summed E-state index contributed by atoms with van der Waals surface area (Å²) in [7, 11) is 3.58. The summed E-state index contributed by atoms with van der Waals surface area (Å²) in [5.74, 6) is 2.56. The fourth-order valence-electron chi connectivity index (χ4n) is 3.75. The lowest BCUT2D eigenvalue weighted by Gasteiger charge is -2.39. The molecule has 6 heteroatoms. The third kappa shape index (κ3) is 5.02. The summed E-state index contributed by atoms with van der Waals surface area (Å²) in [5.41, 5.74) is 1.30. The maximum absolute atomic E-state index is 5.30. The molecule has 0 amide bonds. The lowest BCUT2D eigenvalue weighted by atomic mass is 9.93. The van der Waals surface area contributed by atoms with Crippen LogP contribution < -0.4 is 10.1 Å². The quantitative estimate of drug-likeness (QED) is 0.483. The molecule has 0 aliphatic carbocycles. The molecule has 3 rings (SSSR count). The molecule has 1 fully saturated rings. The minimum Gasteiger partial charge on any atom is -0.497 e. The van der Waals surface area contributed by atoms with Crippen LogP contribution in [0.4, 0.5) is 0 Å². The number of aromatic nitrogens is 2. The number of guanidine groups is 1. The second kappa shape index (κ2) is 9.44. The van der Waals surface area contributed by atoms with E-state index in [2.05, 4.69) is 50.0 Å². The van der Waals surface area contributed by atoms with E-state index in [1.165, 1.54) is 5.56 Å². The molecule has 0 spiro atoms. The van der Waals surface area contributed by atoms with E-state index in [1.807, 2.05) is 31.7 Å². The monoisotopic (exact) mass is 369 g/mol. The summed E-state index contributed by atoms with van der Waals surface area (Å²) >= 11 is 0. The second-order valence-corrected chi connectivity index (χ2v) is 7.22. The van der Waals surface area contributed by atoms with Crippen molar-refractivity contribution >= 4 is 5.96 Å². The smallest absolute Gasteiger partial charge is 0.193 e. The van der Waals surface area contributed by atoms with Crippen molar-refractivity contribution in [2.24, 2.45) is 10.9 Å². The molecule has 0 radical (unpaired) electrons. The zero-order chi connectivity index (χ0) is 19.1. The van der Waals surface area contributed by atoms with Crippen molar-refractivity contribution < 1.29 is 4.74 Å². The average Bonchev–Trinajstić information content (AvgIpc) is 3.23. The molecular formula is C21H31N5O. The van der Waals surface area contributed by atoms with Gasteiger partial charge in [-0.3, -0.25) is 4.99 Å². The number of ether oxygens (including phenoxy) is 1. The van der Waals surface area contributed by atoms with Crippen LogP contribution in [0, 0.1) is 5.92 Å². The van der Waals surface area contributed by atoms with E-state index in [0.29, 0.717) is 12.0 Å². The highest BCUT2D eigenvalue weighted by Gasteiger charge is 2.28. The number of hydrogen-bond donors (Lipinski definition) is 1. The number of imidazole rings is 1. The first kappa shape index (κ1) is 19.3. The minimum atomic E-state index is 0.441. The minimum absolute atomic E-state index is 0.441. The predicted octanol–water partition coefficient (Wildman–Crippen LogP) is 2.98. The zero-order valence-corrected chi connectivity index (χ0v) is 16.6. The number of aryl methyl sites for hydroxylation is 1. The van der Waals surface area contributed by atoms with Gasteiger partial charge in [-0.15, -0.1) is 0 Å². The van der Waals surface area contributed by atoms with Crippen molar-refractivity contribution in [2.75, 3.05) is 33.8 Å². The first-order valence-electron chi connectivity index (χ1n) is 9.77. The lowest BCUT2D eigenvalue weighted by Crippen LogP contribution is -2.49. The van der Waals surface area contributed by atoms with Crippen molar-refractivity contribution in [3.63, 3.8) is 0 Å². The fourth-order valence-corrected chi connectivity index (χ4v) is 3.75. The zero-order valence-electron chi connectivity index (χ0n) is 16.6. The Balaban J connectivity index is 1.50. The number of likely N-dealkylation sites (tertiary alicyclic amines) is 1. The Morgan fingerprint density at radius 2 is 2.30 bits per heavy atom. The van der Waals surface area contributed by atoms with Gasteiger partial charge in [0.1, 0.15) is 5.75 Å². The Morgan fingerprint density at radius 3 is 3.04 bits per heavy atom. The molecule has 1 aliphatic rings. The van der Waals surface area contributed by atoms with Gasteiger partial charge in [-0.05, 0) is 42.9 Å². The fraction of sp³-hybridized carbons (Fsp3) is 0.524. The summed E-state index contributed by atoms with van der Waals surface area (Å²) in [6, 6.07) is 8.73. The van der Waals surface area contributed by atoms with Gasteiger partial charge in [-0.2, -0.15) is 0 Å².